The molecular formula is C13H20N4O2. The molecule has 1 saturated heterocycles. The topological polar surface area (TPSA) is 79.0 Å². The van der Waals surface area contributed by atoms with E-state index in [2.05, 4.69) is 15.2 Å². The molecule has 6 nitrogen and oxygen atoms in total. The maximum atomic E-state index is 12.4. The van der Waals surface area contributed by atoms with Crippen LogP contribution in [0.4, 0.5) is 0 Å². The van der Waals surface area contributed by atoms with Gasteiger partial charge in [-0.25, -0.2) is 4.98 Å². The minimum Gasteiger partial charge on any atom is -0.282 e. The molecule has 0 atom stereocenters. The lowest BCUT2D eigenvalue weighted by Crippen LogP contribution is -2.36. The summed E-state index contributed by atoms with van der Waals surface area (Å²) in [4.78, 5) is 29.8. The molecule has 1 aromatic heterocycles. The summed E-state index contributed by atoms with van der Waals surface area (Å²) in [5.41, 5.74) is -0.455. The minimum absolute atomic E-state index is 0.0000647. The average Bonchev–Trinajstić information content (AvgIpc) is 3.00. The van der Waals surface area contributed by atoms with E-state index in [9.17, 15) is 9.59 Å². The molecule has 0 radical (unpaired) electrons. The molecule has 0 saturated carbocycles. The maximum absolute atomic E-state index is 12.4. The molecule has 0 aromatic carbocycles. The Morgan fingerprint density at radius 1 is 1.37 bits per heavy atom. The molecule has 2 heterocycles. The SMILES string of the molecule is CCC1(CC)CC(=O)N(CCCc2ncn[nH]2)C1=O. The molecule has 0 spiro atoms. The molecule has 1 aliphatic heterocycles. The van der Waals surface area contributed by atoms with Gasteiger partial charge in [0.15, 0.2) is 0 Å². The van der Waals surface area contributed by atoms with Gasteiger partial charge >= 0.3 is 0 Å². The first-order chi connectivity index (χ1) is 9.13. The first-order valence-corrected chi connectivity index (χ1v) is 6.82. The zero-order valence-electron chi connectivity index (χ0n) is 11.5. The van der Waals surface area contributed by atoms with Crippen LogP contribution in [0.25, 0.3) is 0 Å². The number of likely N-dealkylation sites (tertiary alicyclic amines) is 1. The Hall–Kier alpha value is -1.72. The summed E-state index contributed by atoms with van der Waals surface area (Å²) in [6, 6.07) is 0. The van der Waals surface area contributed by atoms with Gasteiger partial charge in [-0.05, 0) is 19.3 Å². The van der Waals surface area contributed by atoms with Gasteiger partial charge in [0.1, 0.15) is 12.2 Å². The molecule has 2 amide bonds. The Bertz CT molecular complexity index is 451. The number of aryl methyl sites for hydroxylation is 1. The minimum atomic E-state index is -0.455. The van der Waals surface area contributed by atoms with Crippen molar-refractivity contribution >= 4 is 11.8 Å². The second-order valence-electron chi connectivity index (χ2n) is 5.05. The van der Waals surface area contributed by atoms with Crippen molar-refractivity contribution in [1.82, 2.24) is 20.1 Å². The molecule has 1 fully saturated rings. The van der Waals surface area contributed by atoms with Crippen molar-refractivity contribution in [3.05, 3.63) is 12.2 Å². The number of nitrogens with zero attached hydrogens (tertiary/aromatic N) is 3. The van der Waals surface area contributed by atoms with E-state index < -0.39 is 5.41 Å². The Kier molecular flexibility index (Phi) is 3.97. The number of amides is 2. The largest absolute Gasteiger partial charge is 0.282 e. The van der Waals surface area contributed by atoms with Gasteiger partial charge in [-0.15, -0.1) is 0 Å². The monoisotopic (exact) mass is 264 g/mol. The normalized spacial score (nSPS) is 18.3. The van der Waals surface area contributed by atoms with Gasteiger partial charge in [-0.3, -0.25) is 19.6 Å². The molecule has 0 aliphatic carbocycles. The fourth-order valence-corrected chi connectivity index (χ4v) is 2.64. The third-order valence-electron chi connectivity index (χ3n) is 4.10. The number of hydrogen-bond acceptors (Lipinski definition) is 4. The first kappa shape index (κ1) is 13.7. The van der Waals surface area contributed by atoms with Crippen LogP contribution in [-0.2, 0) is 16.0 Å². The number of imide groups is 1. The van der Waals surface area contributed by atoms with Crippen LogP contribution in [-0.4, -0.2) is 38.4 Å². The predicted octanol–water partition coefficient (Wildman–Crippen LogP) is 1.30. The third kappa shape index (κ3) is 2.52. The number of H-pyrrole nitrogens is 1. The van der Waals surface area contributed by atoms with E-state index >= 15 is 0 Å². The number of aromatic nitrogens is 3. The van der Waals surface area contributed by atoms with E-state index in [1.165, 1.54) is 11.2 Å². The van der Waals surface area contributed by atoms with Gasteiger partial charge in [-0.2, -0.15) is 5.10 Å². The lowest BCUT2D eigenvalue weighted by atomic mass is 9.81. The van der Waals surface area contributed by atoms with E-state index in [0.717, 1.165) is 25.1 Å². The molecule has 1 N–H and O–H groups in total. The Morgan fingerprint density at radius 2 is 2.11 bits per heavy atom. The maximum Gasteiger partial charge on any atom is 0.235 e. The number of hydrogen-bond donors (Lipinski definition) is 1. The molecular weight excluding hydrogens is 244 g/mol. The highest BCUT2D eigenvalue weighted by atomic mass is 16.2. The molecule has 2 rings (SSSR count). The van der Waals surface area contributed by atoms with Gasteiger partial charge in [0.25, 0.3) is 0 Å². The van der Waals surface area contributed by atoms with Gasteiger partial charge in [0, 0.05) is 19.4 Å². The number of aromatic amines is 1. The molecule has 6 heteroatoms. The molecule has 1 aliphatic rings. The predicted molar refractivity (Wildman–Crippen MR) is 69.1 cm³/mol. The quantitative estimate of drug-likeness (QED) is 0.785. The van der Waals surface area contributed by atoms with E-state index in [4.69, 9.17) is 0 Å². The van der Waals surface area contributed by atoms with Crippen LogP contribution < -0.4 is 0 Å². The van der Waals surface area contributed by atoms with Crippen LogP contribution in [0.2, 0.25) is 0 Å². The summed E-state index contributed by atoms with van der Waals surface area (Å²) in [6.45, 7) is 4.43. The molecule has 0 bridgehead atoms. The van der Waals surface area contributed by atoms with Crippen LogP contribution in [0.1, 0.15) is 45.4 Å². The van der Waals surface area contributed by atoms with Gasteiger partial charge < -0.3 is 0 Å². The summed E-state index contributed by atoms with van der Waals surface area (Å²) in [5.74, 6) is 0.752. The van der Waals surface area contributed by atoms with Gasteiger partial charge in [0.05, 0.1) is 5.41 Å². The molecule has 1 aromatic rings. The van der Waals surface area contributed by atoms with Gasteiger partial charge in [-0.1, -0.05) is 13.8 Å². The smallest absolute Gasteiger partial charge is 0.235 e. The molecule has 19 heavy (non-hydrogen) atoms. The highest BCUT2D eigenvalue weighted by molar-refractivity contribution is 6.05. The van der Waals surface area contributed by atoms with Crippen LogP contribution in [0.3, 0.4) is 0 Å². The molecule has 0 unspecified atom stereocenters. The van der Waals surface area contributed by atoms with Crippen LogP contribution in [0.15, 0.2) is 6.33 Å². The fourth-order valence-electron chi connectivity index (χ4n) is 2.64. The highest BCUT2D eigenvalue weighted by Gasteiger charge is 2.48. The second-order valence-corrected chi connectivity index (χ2v) is 5.05. The van der Waals surface area contributed by atoms with Crippen molar-refractivity contribution in [3.63, 3.8) is 0 Å². The van der Waals surface area contributed by atoms with Crippen LogP contribution >= 0.6 is 0 Å². The number of carbonyl (C=O) groups excluding carboxylic acids is 2. The first-order valence-electron chi connectivity index (χ1n) is 6.82. The summed E-state index contributed by atoms with van der Waals surface area (Å²) in [6.07, 6.45) is 4.69. The molecule has 104 valence electrons. The second kappa shape index (κ2) is 5.50. The van der Waals surface area contributed by atoms with Crippen LogP contribution in [0.5, 0.6) is 0 Å². The van der Waals surface area contributed by atoms with Crippen molar-refractivity contribution in [3.8, 4) is 0 Å². The highest BCUT2D eigenvalue weighted by Crippen LogP contribution is 2.39. The van der Waals surface area contributed by atoms with Crippen molar-refractivity contribution in [2.75, 3.05) is 6.54 Å². The zero-order valence-corrected chi connectivity index (χ0v) is 11.5. The Labute approximate surface area is 112 Å². The van der Waals surface area contributed by atoms with Crippen molar-refractivity contribution in [1.29, 1.82) is 0 Å². The van der Waals surface area contributed by atoms with Crippen molar-refractivity contribution in [2.45, 2.75) is 46.0 Å². The number of nitrogens with one attached hydrogen (secondary N) is 1. The Balaban J connectivity index is 1.93. The Morgan fingerprint density at radius 3 is 2.63 bits per heavy atom. The fraction of sp³-hybridized carbons (Fsp3) is 0.692. The van der Waals surface area contributed by atoms with Crippen LogP contribution in [0, 0.1) is 5.41 Å². The number of rotatable bonds is 6. The van der Waals surface area contributed by atoms with Gasteiger partial charge in [0.2, 0.25) is 11.8 Å². The lowest BCUT2D eigenvalue weighted by molar-refractivity contribution is -0.141. The van der Waals surface area contributed by atoms with E-state index in [-0.39, 0.29) is 11.8 Å². The zero-order chi connectivity index (χ0) is 13.9. The van der Waals surface area contributed by atoms with Crippen molar-refractivity contribution in [2.24, 2.45) is 5.41 Å². The van der Waals surface area contributed by atoms with E-state index in [0.29, 0.717) is 19.4 Å². The standard InChI is InChI=1S/C13H20N4O2/c1-3-13(4-2)8-11(18)17(12(13)19)7-5-6-10-14-9-15-16-10/h9H,3-8H2,1-2H3,(H,14,15,16). The van der Waals surface area contributed by atoms with E-state index in [1.807, 2.05) is 13.8 Å². The summed E-state index contributed by atoms with van der Waals surface area (Å²) in [7, 11) is 0. The average molecular weight is 264 g/mol. The third-order valence-corrected chi connectivity index (χ3v) is 4.10. The van der Waals surface area contributed by atoms with Crippen molar-refractivity contribution < 1.29 is 9.59 Å². The number of carbonyl (C=O) groups is 2. The summed E-state index contributed by atoms with van der Waals surface area (Å²) >= 11 is 0. The van der Waals surface area contributed by atoms with E-state index in [1.54, 1.807) is 0 Å². The summed E-state index contributed by atoms with van der Waals surface area (Å²) < 4.78 is 0. The lowest BCUT2D eigenvalue weighted by Gasteiger charge is -2.23. The summed E-state index contributed by atoms with van der Waals surface area (Å²) in [5, 5.41) is 6.54.